The summed E-state index contributed by atoms with van der Waals surface area (Å²) in [5, 5.41) is 2.31. The average Bonchev–Trinajstić information content (AvgIpc) is 4.13. The van der Waals surface area contributed by atoms with E-state index >= 15 is 0 Å². The molecule has 3 heterocycles. The SMILES string of the molecule is CC(C)c1cccc(C(C)C)c1-c1cc(Oc2ccc3c4cc(-c5ccccc5)ccc4n(-c4cc(C(C)(C)C)ccn4)c3c2)cc(N2C=CN(c3cc(C(C)(C)c4ccccc4)cc(C(C)(C)c4ccccc4)c3)C2)c1. The van der Waals surface area contributed by atoms with Gasteiger partial charge < -0.3 is 14.5 Å². The number of anilines is 2. The Labute approximate surface area is 457 Å². The van der Waals surface area contributed by atoms with Gasteiger partial charge in [-0.2, -0.15) is 0 Å². The van der Waals surface area contributed by atoms with Gasteiger partial charge in [-0.25, -0.2) is 4.98 Å². The van der Waals surface area contributed by atoms with Gasteiger partial charge in [0, 0.05) is 63.7 Å². The summed E-state index contributed by atoms with van der Waals surface area (Å²) in [5.41, 5.74) is 17.6. The van der Waals surface area contributed by atoms with Crippen molar-refractivity contribution in [1.82, 2.24) is 9.55 Å². The molecular weight excluding hydrogens is 937 g/mol. The molecule has 0 bridgehead atoms. The number of ether oxygens (including phenoxy) is 1. The molecule has 8 aromatic carbocycles. The Bertz CT molecular complexity index is 3700. The van der Waals surface area contributed by atoms with Crippen LogP contribution in [0.3, 0.4) is 0 Å². The van der Waals surface area contributed by atoms with E-state index in [0.717, 1.165) is 50.7 Å². The largest absolute Gasteiger partial charge is 0.457 e. The number of pyridine rings is 1. The quantitative estimate of drug-likeness (QED) is 0.115. The number of nitrogens with zero attached hydrogens (tertiary/aromatic N) is 4. The van der Waals surface area contributed by atoms with Crippen LogP contribution in [-0.2, 0) is 16.2 Å². The highest BCUT2D eigenvalue weighted by Gasteiger charge is 2.31. The fourth-order valence-electron chi connectivity index (χ4n) is 11.4. The molecule has 0 N–H and O–H groups in total. The lowest BCUT2D eigenvalue weighted by atomic mass is 9.73. The summed E-state index contributed by atoms with van der Waals surface area (Å²) >= 11 is 0. The van der Waals surface area contributed by atoms with E-state index in [1.807, 2.05) is 6.20 Å². The fourth-order valence-corrected chi connectivity index (χ4v) is 11.4. The second-order valence-electron chi connectivity index (χ2n) is 23.8. The van der Waals surface area contributed by atoms with Crippen LogP contribution in [0.5, 0.6) is 11.5 Å². The van der Waals surface area contributed by atoms with Gasteiger partial charge in [0.15, 0.2) is 0 Å². The van der Waals surface area contributed by atoms with Crippen LogP contribution in [0.2, 0.25) is 0 Å². The van der Waals surface area contributed by atoms with Gasteiger partial charge in [0.2, 0.25) is 0 Å². The Morgan fingerprint density at radius 2 is 1.01 bits per heavy atom. The van der Waals surface area contributed by atoms with E-state index in [-0.39, 0.29) is 16.2 Å². The zero-order valence-electron chi connectivity index (χ0n) is 46.8. The Morgan fingerprint density at radius 1 is 0.429 bits per heavy atom. The molecule has 2 aromatic heterocycles. The number of rotatable bonds is 13. The van der Waals surface area contributed by atoms with Crippen molar-refractivity contribution in [3.05, 3.63) is 252 Å². The van der Waals surface area contributed by atoms with Crippen molar-refractivity contribution >= 4 is 33.2 Å². The van der Waals surface area contributed by atoms with Crippen LogP contribution in [0.25, 0.3) is 49.9 Å². The summed E-state index contributed by atoms with van der Waals surface area (Å²) in [7, 11) is 0. The monoisotopic (exact) mass is 1010 g/mol. The average molecular weight is 1010 g/mol. The Hall–Kier alpha value is -8.15. The number of aromatic nitrogens is 2. The first-order chi connectivity index (χ1) is 36.9. The van der Waals surface area contributed by atoms with Crippen molar-refractivity contribution < 1.29 is 4.74 Å². The molecule has 0 saturated heterocycles. The molecule has 0 atom stereocenters. The van der Waals surface area contributed by atoms with Gasteiger partial charge in [-0.1, -0.05) is 197 Å². The van der Waals surface area contributed by atoms with Gasteiger partial charge in [0.1, 0.15) is 17.3 Å². The lowest BCUT2D eigenvalue weighted by Gasteiger charge is -2.33. The van der Waals surface area contributed by atoms with Crippen molar-refractivity contribution in [3.8, 4) is 39.6 Å². The van der Waals surface area contributed by atoms with Gasteiger partial charge in [0.05, 0.1) is 17.7 Å². The molecule has 0 spiro atoms. The van der Waals surface area contributed by atoms with Gasteiger partial charge in [0.25, 0.3) is 0 Å². The summed E-state index contributed by atoms with van der Waals surface area (Å²) in [6.07, 6.45) is 6.41. The minimum absolute atomic E-state index is 0.0509. The second-order valence-corrected chi connectivity index (χ2v) is 23.8. The molecule has 5 nitrogen and oxygen atoms in total. The van der Waals surface area contributed by atoms with Crippen molar-refractivity contribution in [2.24, 2.45) is 0 Å². The minimum atomic E-state index is -0.240. The molecule has 10 aromatic rings. The maximum atomic E-state index is 7.21. The van der Waals surface area contributed by atoms with Crippen LogP contribution < -0.4 is 14.5 Å². The third kappa shape index (κ3) is 9.85. The molecular formula is C72H72N4O. The van der Waals surface area contributed by atoms with Crippen molar-refractivity contribution in [2.45, 2.75) is 104 Å². The lowest BCUT2D eigenvalue weighted by Crippen LogP contribution is -2.27. The maximum Gasteiger partial charge on any atom is 0.137 e. The smallest absolute Gasteiger partial charge is 0.137 e. The Morgan fingerprint density at radius 3 is 1.60 bits per heavy atom. The lowest BCUT2D eigenvalue weighted by molar-refractivity contribution is 0.483. The van der Waals surface area contributed by atoms with E-state index in [1.165, 1.54) is 61.0 Å². The highest BCUT2D eigenvalue weighted by molar-refractivity contribution is 6.10. The molecule has 77 heavy (non-hydrogen) atoms. The second kappa shape index (κ2) is 20.1. The van der Waals surface area contributed by atoms with E-state index in [4.69, 9.17) is 9.72 Å². The highest BCUT2D eigenvalue weighted by atomic mass is 16.5. The van der Waals surface area contributed by atoms with E-state index in [9.17, 15) is 0 Å². The first-order valence-electron chi connectivity index (χ1n) is 27.5. The summed E-state index contributed by atoms with van der Waals surface area (Å²) in [5.74, 6) is 3.05. The van der Waals surface area contributed by atoms with Crippen LogP contribution in [-0.4, -0.2) is 16.2 Å². The first-order valence-corrected chi connectivity index (χ1v) is 27.5. The Balaban J connectivity index is 1.03. The van der Waals surface area contributed by atoms with E-state index in [0.29, 0.717) is 18.5 Å². The van der Waals surface area contributed by atoms with E-state index in [1.54, 1.807) is 0 Å². The summed E-state index contributed by atoms with van der Waals surface area (Å²) in [6, 6.07) is 71.1. The predicted molar refractivity (Wildman–Crippen MR) is 325 cm³/mol. The molecule has 1 aliphatic rings. The molecule has 0 unspecified atom stereocenters. The Kier molecular flexibility index (Phi) is 13.3. The molecule has 11 rings (SSSR count). The maximum absolute atomic E-state index is 7.21. The first kappa shape index (κ1) is 51.0. The van der Waals surface area contributed by atoms with Crippen molar-refractivity contribution in [1.29, 1.82) is 0 Å². The molecule has 1 aliphatic heterocycles. The molecule has 0 radical (unpaired) electrons. The minimum Gasteiger partial charge on any atom is -0.457 e. The third-order valence-electron chi connectivity index (χ3n) is 16.2. The van der Waals surface area contributed by atoms with Crippen molar-refractivity contribution in [2.75, 3.05) is 16.5 Å². The molecule has 386 valence electrons. The van der Waals surface area contributed by atoms with Crippen LogP contribution in [0.15, 0.2) is 213 Å². The molecule has 0 fully saturated rings. The van der Waals surface area contributed by atoms with Crippen LogP contribution in [0.4, 0.5) is 11.4 Å². The standard InChI is InChI=1S/C72H72N4O/c1-48(2)62-28-21-29-63(49(3)4)69(62)52-38-58(74-36-37-75(47-74)59-42-56(71(8,9)53-24-17-13-18-25-53)41-57(43-59)72(10,11)54-26-19-14-20-27-54)45-61(39-52)77-60-31-32-64-65-40-51(50-22-15-12-16-23-50)30-33-66(65)76(67(64)46-60)68-44-55(34-35-73-68)70(5,6)7/h12-46,48-49H,47H2,1-11H3. The molecule has 5 heteroatoms. The zero-order chi connectivity index (χ0) is 53.8. The van der Waals surface area contributed by atoms with Crippen LogP contribution in [0, 0.1) is 0 Å². The van der Waals surface area contributed by atoms with E-state index in [2.05, 4.69) is 297 Å². The molecule has 0 amide bonds. The fraction of sp³-hybridized carbons (Fsp3) is 0.236. The summed E-state index contributed by atoms with van der Waals surface area (Å²) in [6.45, 7) is 26.0. The van der Waals surface area contributed by atoms with E-state index < -0.39 is 0 Å². The topological polar surface area (TPSA) is 33.5 Å². The normalized spacial score (nSPS) is 13.2. The number of hydrogen-bond acceptors (Lipinski definition) is 4. The van der Waals surface area contributed by atoms with Gasteiger partial charge >= 0.3 is 0 Å². The number of fused-ring (bicyclic) bond motifs is 3. The molecule has 0 aliphatic carbocycles. The van der Waals surface area contributed by atoms with Crippen LogP contribution >= 0.6 is 0 Å². The predicted octanol–water partition coefficient (Wildman–Crippen LogP) is 19.3. The summed E-state index contributed by atoms with van der Waals surface area (Å²) < 4.78 is 9.52. The number of benzene rings is 8. The van der Waals surface area contributed by atoms with Gasteiger partial charge in [-0.15, -0.1) is 0 Å². The number of hydrogen-bond donors (Lipinski definition) is 0. The van der Waals surface area contributed by atoms with Gasteiger partial charge in [-0.05, 0) is 139 Å². The highest BCUT2D eigenvalue weighted by Crippen LogP contribution is 2.45. The van der Waals surface area contributed by atoms with Crippen molar-refractivity contribution in [3.63, 3.8) is 0 Å². The molecule has 0 saturated carbocycles. The van der Waals surface area contributed by atoms with Gasteiger partial charge in [-0.3, -0.25) is 4.57 Å². The van der Waals surface area contributed by atoms with Crippen LogP contribution in [0.1, 0.15) is 127 Å². The zero-order valence-corrected chi connectivity index (χ0v) is 46.8. The third-order valence-corrected chi connectivity index (χ3v) is 16.2. The summed E-state index contributed by atoms with van der Waals surface area (Å²) in [4.78, 5) is 9.78.